The van der Waals surface area contributed by atoms with E-state index in [0.717, 1.165) is 0 Å². The van der Waals surface area contributed by atoms with Crippen LogP contribution in [0.5, 0.6) is 0 Å². The zero-order valence-electron chi connectivity index (χ0n) is 6.23. The van der Waals surface area contributed by atoms with Crippen molar-refractivity contribution in [2.75, 3.05) is 13.1 Å². The zero-order chi connectivity index (χ0) is 8.06. The van der Waals surface area contributed by atoms with Crippen molar-refractivity contribution in [1.82, 2.24) is 4.90 Å². The van der Waals surface area contributed by atoms with Gasteiger partial charge in [-0.1, -0.05) is 0 Å². The van der Waals surface area contributed by atoms with E-state index in [1.165, 1.54) is 12.8 Å². The van der Waals surface area contributed by atoms with Crippen molar-refractivity contribution in [3.8, 4) is 0 Å². The Kier molecular flexibility index (Phi) is 1.49. The van der Waals surface area contributed by atoms with Crippen molar-refractivity contribution >= 4 is 10.0 Å². The van der Waals surface area contributed by atoms with Gasteiger partial charge in [-0.3, -0.25) is 4.90 Å². The number of likely N-dealkylation sites (tertiary alicyclic amines) is 1. The fourth-order valence-electron chi connectivity index (χ4n) is 1.42. The molecule has 0 atom stereocenters. The molecule has 1 saturated carbocycles. The smallest absolute Gasteiger partial charge is 0.214 e. The van der Waals surface area contributed by atoms with Crippen LogP contribution >= 0.6 is 0 Å². The molecule has 0 radical (unpaired) electrons. The van der Waals surface area contributed by atoms with E-state index in [2.05, 4.69) is 4.90 Å². The Morgan fingerprint density at radius 2 is 1.82 bits per heavy atom. The first-order valence-corrected chi connectivity index (χ1v) is 5.44. The molecule has 1 heterocycles. The molecular formula is C6H12N2O2S. The van der Waals surface area contributed by atoms with Gasteiger partial charge in [0.05, 0.1) is 0 Å². The number of nitrogens with two attached hydrogens (primary N) is 1. The summed E-state index contributed by atoms with van der Waals surface area (Å²) in [6.07, 6.45) is 2.47. The highest BCUT2D eigenvalue weighted by Gasteiger charge is 2.42. The summed E-state index contributed by atoms with van der Waals surface area (Å²) in [5.41, 5.74) is 0. The Bertz CT molecular complexity index is 252. The first-order chi connectivity index (χ1) is 5.07. The number of primary sulfonamides is 1. The number of hydrogen-bond donors (Lipinski definition) is 1. The van der Waals surface area contributed by atoms with Gasteiger partial charge in [-0.2, -0.15) is 0 Å². The van der Waals surface area contributed by atoms with Crippen LogP contribution in [0.3, 0.4) is 0 Å². The summed E-state index contributed by atoms with van der Waals surface area (Å²) in [6, 6.07) is 0.674. The molecule has 11 heavy (non-hydrogen) atoms. The molecule has 0 aromatic carbocycles. The Morgan fingerprint density at radius 3 is 2.18 bits per heavy atom. The van der Waals surface area contributed by atoms with Crippen LogP contribution in [0.15, 0.2) is 0 Å². The van der Waals surface area contributed by atoms with Gasteiger partial charge in [-0.15, -0.1) is 0 Å². The van der Waals surface area contributed by atoms with Crippen LogP contribution in [0.25, 0.3) is 0 Å². The predicted octanol–water partition coefficient (Wildman–Crippen LogP) is -0.878. The van der Waals surface area contributed by atoms with E-state index in [4.69, 9.17) is 5.14 Å². The maximum Gasteiger partial charge on any atom is 0.214 e. The van der Waals surface area contributed by atoms with Crippen LogP contribution in [0.4, 0.5) is 0 Å². The lowest BCUT2D eigenvalue weighted by Gasteiger charge is -2.37. The van der Waals surface area contributed by atoms with Crippen LogP contribution in [-0.4, -0.2) is 37.7 Å². The summed E-state index contributed by atoms with van der Waals surface area (Å²) in [5.74, 6) is 0. The lowest BCUT2D eigenvalue weighted by molar-refractivity contribution is 0.175. The third-order valence-corrected chi connectivity index (χ3v) is 3.63. The standard InChI is InChI=1S/C6H12N2O2S/c7-11(9,10)6-3-8(4-6)5-1-2-5/h5-6H,1-4H2,(H2,7,9,10). The van der Waals surface area contributed by atoms with Crippen LogP contribution in [0, 0.1) is 0 Å². The molecule has 0 aromatic rings. The Balaban J connectivity index is 1.87. The fourth-order valence-corrected chi connectivity index (χ4v) is 2.21. The first kappa shape index (κ1) is 7.52. The minimum absolute atomic E-state index is 0.289. The summed E-state index contributed by atoms with van der Waals surface area (Å²) in [6.45, 7) is 1.31. The van der Waals surface area contributed by atoms with E-state index in [0.29, 0.717) is 19.1 Å². The van der Waals surface area contributed by atoms with E-state index in [9.17, 15) is 8.42 Å². The summed E-state index contributed by atoms with van der Waals surface area (Å²) in [5, 5.41) is 4.68. The molecule has 1 aliphatic heterocycles. The predicted molar refractivity (Wildman–Crippen MR) is 41.5 cm³/mol. The van der Waals surface area contributed by atoms with Crippen LogP contribution in [-0.2, 0) is 10.0 Å². The average Bonchev–Trinajstić information content (AvgIpc) is 2.38. The maximum atomic E-state index is 10.8. The molecule has 5 heteroatoms. The Morgan fingerprint density at radius 1 is 1.27 bits per heavy atom. The minimum atomic E-state index is -3.25. The zero-order valence-corrected chi connectivity index (χ0v) is 7.05. The summed E-state index contributed by atoms with van der Waals surface area (Å²) in [7, 11) is -3.25. The van der Waals surface area contributed by atoms with Crippen molar-refractivity contribution < 1.29 is 8.42 Å². The summed E-state index contributed by atoms with van der Waals surface area (Å²) in [4.78, 5) is 2.19. The molecule has 2 rings (SSSR count). The van der Waals surface area contributed by atoms with Crippen molar-refractivity contribution in [3.05, 3.63) is 0 Å². The minimum Gasteiger partial charge on any atom is -0.298 e. The molecule has 0 bridgehead atoms. The largest absolute Gasteiger partial charge is 0.298 e. The van der Waals surface area contributed by atoms with E-state index >= 15 is 0 Å². The monoisotopic (exact) mass is 176 g/mol. The Labute approximate surface area is 66.4 Å². The number of hydrogen-bond acceptors (Lipinski definition) is 3. The molecule has 0 spiro atoms. The summed E-state index contributed by atoms with van der Waals surface area (Å²) < 4.78 is 21.5. The number of rotatable bonds is 2. The van der Waals surface area contributed by atoms with Crippen molar-refractivity contribution in [2.45, 2.75) is 24.1 Å². The lowest BCUT2D eigenvalue weighted by atomic mass is 10.2. The molecule has 0 unspecified atom stereocenters. The van der Waals surface area contributed by atoms with Gasteiger partial charge in [-0.25, -0.2) is 13.6 Å². The number of nitrogens with zero attached hydrogens (tertiary/aromatic N) is 1. The SMILES string of the molecule is NS(=O)(=O)C1CN(C2CC2)C1. The topological polar surface area (TPSA) is 63.4 Å². The Hall–Kier alpha value is -0.130. The summed E-state index contributed by atoms with van der Waals surface area (Å²) >= 11 is 0. The van der Waals surface area contributed by atoms with Crippen LogP contribution in [0.1, 0.15) is 12.8 Å². The fraction of sp³-hybridized carbons (Fsp3) is 1.00. The normalized spacial score (nSPS) is 28.5. The highest BCUT2D eigenvalue weighted by atomic mass is 32.2. The quantitative estimate of drug-likeness (QED) is 0.594. The van der Waals surface area contributed by atoms with Crippen LogP contribution in [0.2, 0.25) is 0 Å². The molecule has 4 nitrogen and oxygen atoms in total. The van der Waals surface area contributed by atoms with Gasteiger partial charge >= 0.3 is 0 Å². The van der Waals surface area contributed by atoms with E-state index < -0.39 is 10.0 Å². The second kappa shape index (κ2) is 2.18. The average molecular weight is 176 g/mol. The highest BCUT2D eigenvalue weighted by molar-refractivity contribution is 7.89. The number of sulfonamides is 1. The first-order valence-electron chi connectivity index (χ1n) is 3.83. The van der Waals surface area contributed by atoms with Crippen molar-refractivity contribution in [2.24, 2.45) is 5.14 Å². The van der Waals surface area contributed by atoms with Gasteiger partial charge < -0.3 is 0 Å². The van der Waals surface area contributed by atoms with E-state index in [1.807, 2.05) is 0 Å². The molecule has 0 amide bonds. The van der Waals surface area contributed by atoms with Gasteiger partial charge in [-0.05, 0) is 12.8 Å². The van der Waals surface area contributed by atoms with E-state index in [-0.39, 0.29) is 5.25 Å². The molecule has 1 aliphatic carbocycles. The second-order valence-electron chi connectivity index (χ2n) is 3.40. The van der Waals surface area contributed by atoms with Crippen LogP contribution < -0.4 is 5.14 Å². The van der Waals surface area contributed by atoms with Gasteiger partial charge in [0.15, 0.2) is 0 Å². The third-order valence-electron chi connectivity index (χ3n) is 2.40. The van der Waals surface area contributed by atoms with Gasteiger partial charge in [0.25, 0.3) is 0 Å². The molecule has 2 aliphatic rings. The molecule has 0 aromatic heterocycles. The van der Waals surface area contributed by atoms with Gasteiger partial charge in [0, 0.05) is 19.1 Å². The molecule has 2 N–H and O–H groups in total. The molecule has 2 fully saturated rings. The highest BCUT2D eigenvalue weighted by Crippen LogP contribution is 2.31. The third kappa shape index (κ3) is 1.40. The van der Waals surface area contributed by atoms with Crippen molar-refractivity contribution in [1.29, 1.82) is 0 Å². The molecule has 1 saturated heterocycles. The van der Waals surface area contributed by atoms with Gasteiger partial charge in [0.2, 0.25) is 10.0 Å². The van der Waals surface area contributed by atoms with Gasteiger partial charge in [0.1, 0.15) is 5.25 Å². The molecule has 64 valence electrons. The van der Waals surface area contributed by atoms with Crippen molar-refractivity contribution in [3.63, 3.8) is 0 Å². The lowest BCUT2D eigenvalue weighted by Crippen LogP contribution is -2.57. The maximum absolute atomic E-state index is 10.8. The van der Waals surface area contributed by atoms with E-state index in [1.54, 1.807) is 0 Å². The second-order valence-corrected chi connectivity index (χ2v) is 5.24. The molecular weight excluding hydrogens is 164 g/mol.